The lowest BCUT2D eigenvalue weighted by Gasteiger charge is -2.12. The second-order valence-electron chi connectivity index (χ2n) is 5.05. The zero-order chi connectivity index (χ0) is 17.5. The van der Waals surface area contributed by atoms with E-state index in [4.69, 9.17) is 16.3 Å². The van der Waals surface area contributed by atoms with Crippen LogP contribution >= 0.6 is 11.6 Å². The number of hydrogen-bond donors (Lipinski definition) is 1. The zero-order valence-electron chi connectivity index (χ0n) is 13.0. The van der Waals surface area contributed by atoms with Crippen molar-refractivity contribution in [3.05, 3.63) is 70.7 Å². The van der Waals surface area contributed by atoms with Crippen molar-refractivity contribution < 1.29 is 19.1 Å². The fraction of sp³-hybridized carbons (Fsp3) is 0.167. The second kappa shape index (κ2) is 8.26. The molecule has 0 aliphatic rings. The summed E-state index contributed by atoms with van der Waals surface area (Å²) in [6.45, 7) is 1.17. The molecule has 124 valence electrons. The molecule has 0 fully saturated rings. The van der Waals surface area contributed by atoms with Crippen LogP contribution in [0.2, 0.25) is 5.02 Å². The topological polar surface area (TPSA) is 72.5 Å². The molecule has 2 aromatic rings. The van der Waals surface area contributed by atoms with Gasteiger partial charge in [-0.3, -0.25) is 14.4 Å². The molecular weight excluding hydrogens is 330 g/mol. The zero-order valence-corrected chi connectivity index (χ0v) is 13.7. The highest BCUT2D eigenvalue weighted by Crippen LogP contribution is 2.09. The maximum Gasteiger partial charge on any atom is 0.326 e. The fourth-order valence-electron chi connectivity index (χ4n) is 1.99. The first-order chi connectivity index (χ1) is 11.5. The molecule has 0 saturated carbocycles. The minimum absolute atomic E-state index is 0.298. The van der Waals surface area contributed by atoms with E-state index in [1.807, 2.05) is 0 Å². The van der Waals surface area contributed by atoms with E-state index in [-0.39, 0.29) is 12.3 Å². The summed E-state index contributed by atoms with van der Waals surface area (Å²) in [5.41, 5.74) is 0.837. The lowest BCUT2D eigenvalue weighted by Crippen LogP contribution is -2.34. The Morgan fingerprint density at radius 1 is 1.00 bits per heavy atom. The van der Waals surface area contributed by atoms with Gasteiger partial charge >= 0.3 is 5.97 Å². The number of carbonyl (C=O) groups excluding carboxylic acids is 3. The van der Waals surface area contributed by atoms with Gasteiger partial charge in [0.2, 0.25) is 5.78 Å². The summed E-state index contributed by atoms with van der Waals surface area (Å²) in [7, 11) is 0. The number of benzene rings is 2. The average Bonchev–Trinajstić information content (AvgIpc) is 2.60. The summed E-state index contributed by atoms with van der Waals surface area (Å²) in [4.78, 5) is 35.7. The summed E-state index contributed by atoms with van der Waals surface area (Å²) in [6, 6.07) is 14.8. The van der Waals surface area contributed by atoms with Gasteiger partial charge in [-0.25, -0.2) is 0 Å². The molecule has 0 heterocycles. The van der Waals surface area contributed by atoms with Gasteiger partial charge in [0.1, 0.15) is 6.54 Å². The third kappa shape index (κ3) is 4.93. The number of halogens is 1. The van der Waals surface area contributed by atoms with Crippen LogP contribution in [0.3, 0.4) is 0 Å². The highest BCUT2D eigenvalue weighted by Gasteiger charge is 2.19. The van der Waals surface area contributed by atoms with Gasteiger partial charge in [-0.05, 0) is 31.2 Å². The molecule has 1 atom stereocenters. The second-order valence-corrected chi connectivity index (χ2v) is 5.49. The van der Waals surface area contributed by atoms with E-state index in [2.05, 4.69) is 5.32 Å². The molecule has 2 aromatic carbocycles. The van der Waals surface area contributed by atoms with Gasteiger partial charge in [0.15, 0.2) is 6.10 Å². The quantitative estimate of drug-likeness (QED) is 0.645. The standard InChI is InChI=1S/C18H16ClNO4/c1-12(17(22)13-5-3-2-4-6-13)24-16(21)11-20-18(23)14-7-9-15(19)10-8-14/h2-10,12H,11H2,1H3,(H,20,23). The maximum atomic E-state index is 12.1. The number of rotatable bonds is 6. The van der Waals surface area contributed by atoms with E-state index in [1.54, 1.807) is 54.6 Å². The Bertz CT molecular complexity index is 728. The van der Waals surface area contributed by atoms with E-state index in [9.17, 15) is 14.4 Å². The molecule has 1 N–H and O–H groups in total. The van der Waals surface area contributed by atoms with Crippen molar-refractivity contribution in [3.63, 3.8) is 0 Å². The minimum Gasteiger partial charge on any atom is -0.453 e. The van der Waals surface area contributed by atoms with Crippen LogP contribution in [0.1, 0.15) is 27.6 Å². The highest BCUT2D eigenvalue weighted by molar-refractivity contribution is 6.30. The molecule has 0 aromatic heterocycles. The number of ketones is 1. The third-order valence-corrected chi connectivity index (χ3v) is 3.49. The Kier molecular flexibility index (Phi) is 6.09. The van der Waals surface area contributed by atoms with Crippen molar-refractivity contribution in [1.29, 1.82) is 0 Å². The molecule has 5 nitrogen and oxygen atoms in total. The predicted octanol–water partition coefficient (Wildman–Crippen LogP) is 2.88. The molecule has 0 aliphatic carbocycles. The molecule has 1 amide bonds. The first kappa shape index (κ1) is 17.7. The van der Waals surface area contributed by atoms with Crippen molar-refractivity contribution in [3.8, 4) is 0 Å². The number of hydrogen-bond acceptors (Lipinski definition) is 4. The van der Waals surface area contributed by atoms with Crippen molar-refractivity contribution >= 4 is 29.3 Å². The molecule has 24 heavy (non-hydrogen) atoms. The maximum absolute atomic E-state index is 12.1. The Hall–Kier alpha value is -2.66. The van der Waals surface area contributed by atoms with Crippen molar-refractivity contribution in [2.24, 2.45) is 0 Å². The summed E-state index contributed by atoms with van der Waals surface area (Å²) < 4.78 is 5.05. The van der Waals surface area contributed by atoms with Crippen LogP contribution < -0.4 is 5.32 Å². The average molecular weight is 346 g/mol. The van der Waals surface area contributed by atoms with E-state index in [1.165, 1.54) is 6.92 Å². The molecule has 0 radical (unpaired) electrons. The summed E-state index contributed by atoms with van der Waals surface area (Å²) in [5.74, 6) is -1.41. The normalized spacial score (nSPS) is 11.4. The van der Waals surface area contributed by atoms with Crippen LogP contribution in [0, 0.1) is 0 Å². The Morgan fingerprint density at radius 2 is 1.62 bits per heavy atom. The smallest absolute Gasteiger partial charge is 0.326 e. The monoisotopic (exact) mass is 345 g/mol. The first-order valence-electron chi connectivity index (χ1n) is 7.30. The minimum atomic E-state index is -0.924. The van der Waals surface area contributed by atoms with Gasteiger partial charge in [-0.1, -0.05) is 41.9 Å². The van der Waals surface area contributed by atoms with Crippen LogP contribution in [0.25, 0.3) is 0 Å². The van der Waals surface area contributed by atoms with E-state index >= 15 is 0 Å². The van der Waals surface area contributed by atoms with Crippen molar-refractivity contribution in [2.75, 3.05) is 6.54 Å². The predicted molar refractivity (Wildman–Crippen MR) is 90.1 cm³/mol. The molecule has 0 bridgehead atoms. The summed E-state index contributed by atoms with van der Waals surface area (Å²) >= 11 is 5.74. The Morgan fingerprint density at radius 3 is 2.25 bits per heavy atom. The Labute approximate surface area is 144 Å². The number of amides is 1. The van der Waals surface area contributed by atoms with E-state index < -0.39 is 18.0 Å². The molecular formula is C18H16ClNO4. The van der Waals surface area contributed by atoms with Gasteiger partial charge in [-0.2, -0.15) is 0 Å². The van der Waals surface area contributed by atoms with E-state index in [0.717, 1.165) is 0 Å². The third-order valence-electron chi connectivity index (χ3n) is 3.24. The fourth-order valence-corrected chi connectivity index (χ4v) is 2.11. The number of ether oxygens (including phenoxy) is 1. The molecule has 0 spiro atoms. The van der Waals surface area contributed by atoms with Gasteiger partial charge in [0.05, 0.1) is 0 Å². The first-order valence-corrected chi connectivity index (χ1v) is 7.67. The van der Waals surface area contributed by atoms with Crippen molar-refractivity contribution in [1.82, 2.24) is 5.32 Å². The molecule has 0 aliphatic heterocycles. The lowest BCUT2D eigenvalue weighted by molar-refractivity contribution is -0.145. The largest absolute Gasteiger partial charge is 0.453 e. The molecule has 0 saturated heterocycles. The Balaban J connectivity index is 1.83. The van der Waals surface area contributed by atoms with Gasteiger partial charge in [-0.15, -0.1) is 0 Å². The SMILES string of the molecule is CC(OC(=O)CNC(=O)c1ccc(Cl)cc1)C(=O)c1ccccc1. The van der Waals surface area contributed by atoms with Crippen LogP contribution in [0.5, 0.6) is 0 Å². The number of esters is 1. The van der Waals surface area contributed by atoms with Gasteiger partial charge < -0.3 is 10.1 Å². The molecule has 6 heteroatoms. The van der Waals surface area contributed by atoms with Crippen LogP contribution in [-0.4, -0.2) is 30.3 Å². The van der Waals surface area contributed by atoms with Gasteiger partial charge in [0, 0.05) is 16.1 Å². The number of carbonyl (C=O) groups is 3. The summed E-state index contributed by atoms with van der Waals surface area (Å²) in [5, 5.41) is 2.95. The highest BCUT2D eigenvalue weighted by atomic mass is 35.5. The van der Waals surface area contributed by atoms with Gasteiger partial charge in [0.25, 0.3) is 5.91 Å². The summed E-state index contributed by atoms with van der Waals surface area (Å²) in [6.07, 6.45) is -0.924. The molecule has 1 unspecified atom stereocenters. The van der Waals surface area contributed by atoms with Crippen LogP contribution in [0.4, 0.5) is 0 Å². The number of Topliss-reactive ketones (excluding diaryl/α,β-unsaturated/α-hetero) is 1. The number of nitrogens with one attached hydrogen (secondary N) is 1. The van der Waals surface area contributed by atoms with Crippen LogP contribution in [0.15, 0.2) is 54.6 Å². The lowest BCUT2D eigenvalue weighted by atomic mass is 10.1. The van der Waals surface area contributed by atoms with E-state index in [0.29, 0.717) is 16.1 Å². The van der Waals surface area contributed by atoms with Crippen molar-refractivity contribution in [2.45, 2.75) is 13.0 Å². The van der Waals surface area contributed by atoms with Crippen LogP contribution in [-0.2, 0) is 9.53 Å². The molecule has 2 rings (SSSR count).